The normalized spacial score (nSPS) is 17.9. The van der Waals surface area contributed by atoms with Crippen molar-refractivity contribution in [3.05, 3.63) is 101 Å². The molecule has 3 heterocycles. The second-order valence-electron chi connectivity index (χ2n) is 9.33. The summed E-state index contributed by atoms with van der Waals surface area (Å²) in [7, 11) is 0. The van der Waals surface area contributed by atoms with E-state index in [0.29, 0.717) is 47.0 Å². The van der Waals surface area contributed by atoms with E-state index in [4.69, 9.17) is 0 Å². The van der Waals surface area contributed by atoms with E-state index < -0.39 is 17.2 Å². The van der Waals surface area contributed by atoms with Crippen LogP contribution in [0.15, 0.2) is 84.1 Å². The van der Waals surface area contributed by atoms with E-state index in [1.54, 1.807) is 23.1 Å². The van der Waals surface area contributed by atoms with Crippen LogP contribution in [0.4, 0.5) is 29.2 Å². The van der Waals surface area contributed by atoms with Crippen LogP contribution >= 0.6 is 11.8 Å². The standard InChI is InChI=1S/C28H23F4N5OS/c29-21-9-5-4-6-17(21)16-39-27-35-22-12-13-36(15-20(22)25(38)37(27)19-7-2-1-3-8-19)26-33-23-11-10-18(28(30,31)32)14-24(23)34-26/h1-11,14,27,35H,12-13,15-16H2,(H,33,34). The first kappa shape index (κ1) is 25.3. The summed E-state index contributed by atoms with van der Waals surface area (Å²) in [5.74, 6) is 0.307. The van der Waals surface area contributed by atoms with Crippen LogP contribution in [-0.4, -0.2) is 34.5 Å². The number of nitrogens with zero attached hydrogens (tertiary/aromatic N) is 3. The zero-order valence-corrected chi connectivity index (χ0v) is 21.3. The minimum Gasteiger partial charge on any atom is -0.359 e. The number of carbonyl (C=O) groups excluding carboxylic acids is 1. The number of benzene rings is 3. The summed E-state index contributed by atoms with van der Waals surface area (Å²) in [5.41, 5.74) is 2.12. The molecule has 1 amide bonds. The van der Waals surface area contributed by atoms with E-state index in [1.165, 1.54) is 23.9 Å². The fraction of sp³-hybridized carbons (Fsp3) is 0.214. The third-order valence-electron chi connectivity index (χ3n) is 6.84. The number of para-hydroxylation sites is 1. The van der Waals surface area contributed by atoms with Gasteiger partial charge in [-0.2, -0.15) is 13.2 Å². The topological polar surface area (TPSA) is 64.3 Å². The third-order valence-corrected chi connectivity index (χ3v) is 7.96. The number of thioether (sulfide) groups is 1. The number of hydrogen-bond donors (Lipinski definition) is 2. The number of imidazole rings is 1. The summed E-state index contributed by atoms with van der Waals surface area (Å²) in [6, 6.07) is 19.2. The average molecular weight is 554 g/mol. The summed E-state index contributed by atoms with van der Waals surface area (Å²) >= 11 is 1.43. The first-order valence-electron chi connectivity index (χ1n) is 12.3. The third kappa shape index (κ3) is 4.94. The number of aromatic nitrogens is 2. The molecule has 2 N–H and O–H groups in total. The minimum absolute atomic E-state index is 0.179. The molecule has 39 heavy (non-hydrogen) atoms. The summed E-state index contributed by atoms with van der Waals surface area (Å²) < 4.78 is 53.8. The van der Waals surface area contributed by atoms with Crippen molar-refractivity contribution in [2.75, 3.05) is 22.9 Å². The van der Waals surface area contributed by atoms with Crippen LogP contribution in [0.25, 0.3) is 11.0 Å². The molecule has 0 aliphatic carbocycles. The molecular weight excluding hydrogens is 530 g/mol. The molecule has 11 heteroatoms. The van der Waals surface area contributed by atoms with Crippen molar-refractivity contribution in [2.24, 2.45) is 0 Å². The molecule has 200 valence electrons. The number of alkyl halides is 3. The highest BCUT2D eigenvalue weighted by Gasteiger charge is 2.38. The van der Waals surface area contributed by atoms with E-state index in [0.717, 1.165) is 17.8 Å². The Hall–Kier alpha value is -3.99. The molecule has 1 atom stereocenters. The minimum atomic E-state index is -4.45. The molecule has 0 spiro atoms. The van der Waals surface area contributed by atoms with Crippen LogP contribution in [0, 0.1) is 5.82 Å². The van der Waals surface area contributed by atoms with Gasteiger partial charge in [-0.25, -0.2) is 9.37 Å². The lowest BCUT2D eigenvalue weighted by molar-refractivity contribution is -0.137. The van der Waals surface area contributed by atoms with Crippen molar-refractivity contribution in [3.8, 4) is 0 Å². The van der Waals surface area contributed by atoms with Crippen LogP contribution in [0.5, 0.6) is 0 Å². The van der Waals surface area contributed by atoms with Gasteiger partial charge in [0.2, 0.25) is 5.95 Å². The molecule has 0 fully saturated rings. The number of rotatable bonds is 5. The van der Waals surface area contributed by atoms with Gasteiger partial charge in [0.25, 0.3) is 5.91 Å². The number of hydrogen-bond acceptors (Lipinski definition) is 5. The number of halogens is 4. The van der Waals surface area contributed by atoms with Gasteiger partial charge >= 0.3 is 6.18 Å². The Bertz CT molecular complexity index is 1570. The predicted molar refractivity (Wildman–Crippen MR) is 143 cm³/mol. The Labute approximate surface area is 225 Å². The largest absolute Gasteiger partial charge is 0.416 e. The molecule has 1 aromatic heterocycles. The Morgan fingerprint density at radius 3 is 2.56 bits per heavy atom. The molecule has 4 aromatic rings. The first-order valence-corrected chi connectivity index (χ1v) is 13.4. The number of amides is 1. The van der Waals surface area contributed by atoms with E-state index in [1.807, 2.05) is 35.2 Å². The molecule has 3 aromatic carbocycles. The second kappa shape index (κ2) is 9.96. The van der Waals surface area contributed by atoms with Crippen LogP contribution in [0.3, 0.4) is 0 Å². The second-order valence-corrected chi connectivity index (χ2v) is 10.4. The van der Waals surface area contributed by atoms with Gasteiger partial charge in [-0.3, -0.25) is 9.69 Å². The molecule has 0 bridgehead atoms. The zero-order chi connectivity index (χ0) is 27.1. The highest BCUT2D eigenvalue weighted by Crippen LogP contribution is 2.35. The zero-order valence-electron chi connectivity index (χ0n) is 20.5. The number of nitrogens with one attached hydrogen (secondary N) is 2. The maximum absolute atomic E-state index is 14.3. The van der Waals surface area contributed by atoms with Gasteiger partial charge in [-0.1, -0.05) is 36.4 Å². The molecule has 2 aliphatic rings. The summed E-state index contributed by atoms with van der Waals surface area (Å²) in [6.07, 6.45) is -3.93. The summed E-state index contributed by atoms with van der Waals surface area (Å²) in [5, 5.41) is 3.49. The van der Waals surface area contributed by atoms with E-state index >= 15 is 0 Å². The maximum atomic E-state index is 14.3. The highest BCUT2D eigenvalue weighted by atomic mass is 32.2. The van der Waals surface area contributed by atoms with Crippen molar-refractivity contribution in [2.45, 2.75) is 23.8 Å². The maximum Gasteiger partial charge on any atom is 0.416 e. The van der Waals surface area contributed by atoms with E-state index in [2.05, 4.69) is 15.3 Å². The van der Waals surface area contributed by atoms with Crippen molar-refractivity contribution >= 4 is 40.3 Å². The first-order chi connectivity index (χ1) is 18.8. The summed E-state index contributed by atoms with van der Waals surface area (Å²) in [6.45, 7) is 0.752. The smallest absolute Gasteiger partial charge is 0.359 e. The van der Waals surface area contributed by atoms with Crippen molar-refractivity contribution in [3.63, 3.8) is 0 Å². The van der Waals surface area contributed by atoms with Crippen LogP contribution in [0.2, 0.25) is 0 Å². The predicted octanol–water partition coefficient (Wildman–Crippen LogP) is 6.04. The van der Waals surface area contributed by atoms with Gasteiger partial charge < -0.3 is 15.2 Å². The van der Waals surface area contributed by atoms with Crippen LogP contribution < -0.4 is 15.1 Å². The van der Waals surface area contributed by atoms with Crippen LogP contribution in [-0.2, 0) is 16.7 Å². The monoisotopic (exact) mass is 553 g/mol. The molecule has 6 rings (SSSR count). The lowest BCUT2D eigenvalue weighted by Gasteiger charge is -2.42. The van der Waals surface area contributed by atoms with Gasteiger partial charge in [-0.05, 0) is 42.0 Å². The van der Waals surface area contributed by atoms with Gasteiger partial charge in [0.1, 0.15) is 5.82 Å². The molecule has 2 aliphatic heterocycles. The average Bonchev–Trinajstić information content (AvgIpc) is 3.36. The van der Waals surface area contributed by atoms with E-state index in [-0.39, 0.29) is 23.8 Å². The number of anilines is 2. The van der Waals surface area contributed by atoms with Crippen molar-refractivity contribution in [1.82, 2.24) is 15.3 Å². The lowest BCUT2D eigenvalue weighted by Crippen LogP contribution is -2.55. The Morgan fingerprint density at radius 2 is 1.79 bits per heavy atom. The molecular formula is C28H23F4N5OS. The van der Waals surface area contributed by atoms with Crippen molar-refractivity contribution < 1.29 is 22.4 Å². The number of aromatic amines is 1. The molecule has 0 saturated carbocycles. The van der Waals surface area contributed by atoms with Crippen molar-refractivity contribution in [1.29, 1.82) is 0 Å². The van der Waals surface area contributed by atoms with Gasteiger partial charge in [0.05, 0.1) is 28.7 Å². The van der Waals surface area contributed by atoms with E-state index in [9.17, 15) is 22.4 Å². The molecule has 1 unspecified atom stereocenters. The Kier molecular flexibility index (Phi) is 6.46. The number of fused-ring (bicyclic) bond motifs is 1. The van der Waals surface area contributed by atoms with Gasteiger partial charge in [0, 0.05) is 30.1 Å². The number of carbonyl (C=O) groups is 1. The number of H-pyrrole nitrogens is 1. The Balaban J connectivity index is 1.28. The SMILES string of the molecule is O=C1C2=C(CCN(c3nc4ccc(C(F)(F)F)cc4[nH]3)C2)NC(SCc2ccccc2F)N1c1ccccc1. The fourth-order valence-corrected chi connectivity index (χ4v) is 5.99. The summed E-state index contributed by atoms with van der Waals surface area (Å²) in [4.78, 5) is 24.9. The van der Waals surface area contributed by atoms with Crippen LogP contribution in [0.1, 0.15) is 17.5 Å². The quantitative estimate of drug-likeness (QED) is 0.295. The molecule has 6 nitrogen and oxygen atoms in total. The molecule has 0 radical (unpaired) electrons. The highest BCUT2D eigenvalue weighted by molar-refractivity contribution is 7.99. The lowest BCUT2D eigenvalue weighted by atomic mass is 10.0. The van der Waals surface area contributed by atoms with Gasteiger partial charge in [-0.15, -0.1) is 11.8 Å². The molecule has 0 saturated heterocycles. The fourth-order valence-electron chi connectivity index (χ4n) is 4.83. The Morgan fingerprint density at radius 1 is 1.03 bits per heavy atom. The van der Waals surface area contributed by atoms with Gasteiger partial charge in [0.15, 0.2) is 5.50 Å².